The first-order valence-corrected chi connectivity index (χ1v) is 16.4. The Hall–Kier alpha value is -4.54. The van der Waals surface area contributed by atoms with Gasteiger partial charge in [-0.25, -0.2) is 0 Å². The molecule has 0 aliphatic carbocycles. The van der Waals surface area contributed by atoms with E-state index in [-0.39, 0.29) is 74.3 Å². The summed E-state index contributed by atoms with van der Waals surface area (Å²) in [6.45, 7) is 0. The van der Waals surface area contributed by atoms with Crippen molar-refractivity contribution in [3.63, 3.8) is 0 Å². The van der Waals surface area contributed by atoms with Crippen molar-refractivity contribution in [2.45, 2.75) is 9.79 Å². The van der Waals surface area contributed by atoms with Gasteiger partial charge in [-0.1, -0.05) is 72.8 Å². The third-order valence-electron chi connectivity index (χ3n) is 7.22. The normalized spacial score (nSPS) is 12.2. The van der Waals surface area contributed by atoms with Crippen LogP contribution in [-0.4, -0.2) is 25.9 Å². The van der Waals surface area contributed by atoms with Crippen LogP contribution in [-0.2, 0) is 20.2 Å². The molecule has 0 aliphatic heterocycles. The van der Waals surface area contributed by atoms with Crippen LogP contribution in [0.25, 0.3) is 32.7 Å². The predicted octanol–water partition coefficient (Wildman–Crippen LogP) is 5.27. The molecular weight excluding hydrogens is 652 g/mol. The predicted molar refractivity (Wildman–Crippen MR) is 178 cm³/mol. The number of hydrogen-bond acceptors (Lipinski definition) is 10. The first kappa shape index (κ1) is 33.8. The molecule has 0 bridgehead atoms. The van der Waals surface area contributed by atoms with Gasteiger partial charge in [-0.2, -0.15) is 27.1 Å². The summed E-state index contributed by atoms with van der Waals surface area (Å²) in [7, 11) is -9.07. The Morgan fingerprint density at radius 3 is 1.13 bits per heavy atom. The average molecular weight is 677 g/mol. The summed E-state index contributed by atoms with van der Waals surface area (Å²) in [5.41, 5.74) is 15.8. The quantitative estimate of drug-likeness (QED) is 0.0756. The Morgan fingerprint density at radius 1 is 0.489 bits per heavy atom. The smallest absolute Gasteiger partial charge is 1.00 e. The molecule has 0 aliphatic rings. The molecule has 47 heavy (non-hydrogen) atoms. The number of fused-ring (bicyclic) bond motifs is 2. The van der Waals surface area contributed by atoms with Crippen LogP contribution in [0.2, 0.25) is 0 Å². The molecule has 6 aromatic rings. The first-order chi connectivity index (χ1) is 21.9. The van der Waals surface area contributed by atoms with Gasteiger partial charge in [0.05, 0.1) is 22.7 Å². The van der Waals surface area contributed by atoms with E-state index in [1.165, 1.54) is 12.1 Å². The number of anilines is 2. The molecule has 0 aromatic heterocycles. The minimum Gasteiger partial charge on any atom is -1.00 e. The van der Waals surface area contributed by atoms with E-state index in [1.807, 2.05) is 24.3 Å². The van der Waals surface area contributed by atoms with Crippen molar-refractivity contribution in [2.24, 2.45) is 20.5 Å². The third kappa shape index (κ3) is 7.08. The fourth-order valence-corrected chi connectivity index (χ4v) is 6.39. The molecule has 0 unspecified atom stereocenters. The Balaban J connectivity index is 0.00000260. The minimum atomic E-state index is -4.53. The monoisotopic (exact) mass is 676 g/mol. The number of benzene rings is 6. The Bertz CT molecular complexity index is 2270. The van der Waals surface area contributed by atoms with Gasteiger partial charge in [-0.15, -0.1) is 10.2 Å². The van der Waals surface area contributed by atoms with Gasteiger partial charge in [0.1, 0.15) is 21.2 Å². The topological polar surface area (TPSA) is 210 Å². The van der Waals surface area contributed by atoms with E-state index in [1.54, 1.807) is 72.8 Å². The summed E-state index contributed by atoms with van der Waals surface area (Å²) in [6, 6.07) is 29.6. The van der Waals surface area contributed by atoms with Gasteiger partial charge in [0.15, 0.2) is 0 Å². The molecule has 0 atom stereocenters. The number of rotatable bonds is 7. The molecular formula is C32H25N6NaO6S2. The molecule has 232 valence electrons. The molecule has 0 heterocycles. The van der Waals surface area contributed by atoms with Crippen molar-refractivity contribution in [1.29, 1.82) is 0 Å². The number of azo groups is 2. The second-order valence-corrected chi connectivity index (χ2v) is 12.9. The third-order valence-corrected chi connectivity index (χ3v) is 9.01. The maximum Gasteiger partial charge on any atom is 1.00 e. The van der Waals surface area contributed by atoms with Gasteiger partial charge in [0.25, 0.3) is 20.2 Å². The molecule has 0 saturated carbocycles. The maximum absolute atomic E-state index is 12.0. The van der Waals surface area contributed by atoms with Gasteiger partial charge in [0.2, 0.25) is 0 Å². The molecule has 0 saturated heterocycles. The van der Waals surface area contributed by atoms with Crippen molar-refractivity contribution < 1.29 is 56.9 Å². The van der Waals surface area contributed by atoms with E-state index in [2.05, 4.69) is 20.5 Å². The van der Waals surface area contributed by atoms with Crippen LogP contribution in [0.3, 0.4) is 0 Å². The van der Waals surface area contributed by atoms with Crippen LogP contribution < -0.4 is 41.0 Å². The average Bonchev–Trinajstić information content (AvgIpc) is 3.04. The summed E-state index contributed by atoms with van der Waals surface area (Å²) in [4.78, 5) is -0.624. The van der Waals surface area contributed by atoms with Crippen LogP contribution in [0.5, 0.6) is 0 Å². The number of nitrogen functional groups attached to an aromatic ring is 2. The molecule has 0 amide bonds. The summed E-state index contributed by atoms with van der Waals surface area (Å²) < 4.78 is 67.4. The second-order valence-electron chi connectivity index (χ2n) is 10.2. The van der Waals surface area contributed by atoms with Crippen LogP contribution in [0.15, 0.2) is 139 Å². The summed E-state index contributed by atoms with van der Waals surface area (Å²) in [5.74, 6) is 0. The van der Waals surface area contributed by atoms with Gasteiger partial charge < -0.3 is 12.9 Å². The Morgan fingerprint density at radius 2 is 0.809 bits per heavy atom. The van der Waals surface area contributed by atoms with Crippen LogP contribution in [0.1, 0.15) is 1.43 Å². The van der Waals surface area contributed by atoms with Crippen molar-refractivity contribution in [3.8, 4) is 11.1 Å². The zero-order chi connectivity index (χ0) is 32.6. The summed E-state index contributed by atoms with van der Waals surface area (Å²) in [5, 5.41) is 18.1. The van der Waals surface area contributed by atoms with Crippen molar-refractivity contribution >= 4 is 75.9 Å². The number of hydrogen-bond donors (Lipinski definition) is 4. The SMILES string of the molecule is Nc1c(N=Nc2ccc(-c3ccc(N=Nc4cc(S(=O)(=O)O)c5ccccc5c4N)cc3)cc2)cc(S(=O)(=O)O)c2ccccc12.[H-].[Na+]. The van der Waals surface area contributed by atoms with Crippen molar-refractivity contribution in [3.05, 3.63) is 109 Å². The Kier molecular flexibility index (Phi) is 9.56. The zero-order valence-electron chi connectivity index (χ0n) is 25.7. The van der Waals surface area contributed by atoms with Crippen LogP contribution in [0, 0.1) is 0 Å². The summed E-state index contributed by atoms with van der Waals surface area (Å²) >= 11 is 0. The number of nitrogens with two attached hydrogens (primary N) is 2. The van der Waals surface area contributed by atoms with Gasteiger partial charge in [-0.3, -0.25) is 9.11 Å². The molecule has 15 heteroatoms. The molecule has 0 fully saturated rings. The van der Waals surface area contributed by atoms with Crippen molar-refractivity contribution in [2.75, 3.05) is 11.5 Å². The van der Waals surface area contributed by atoms with Gasteiger partial charge in [0, 0.05) is 21.5 Å². The van der Waals surface area contributed by atoms with E-state index in [9.17, 15) is 25.9 Å². The van der Waals surface area contributed by atoms with E-state index in [0.29, 0.717) is 22.1 Å². The Labute approximate surface area is 293 Å². The minimum absolute atomic E-state index is 0. The van der Waals surface area contributed by atoms with E-state index < -0.39 is 20.2 Å². The molecule has 6 N–H and O–H groups in total. The first-order valence-electron chi connectivity index (χ1n) is 13.5. The molecule has 0 spiro atoms. The number of nitrogens with zero attached hydrogens (tertiary/aromatic N) is 4. The zero-order valence-corrected chi connectivity index (χ0v) is 28.3. The van der Waals surface area contributed by atoms with Crippen LogP contribution >= 0.6 is 0 Å². The largest absolute Gasteiger partial charge is 1.00 e. The fraction of sp³-hybridized carbons (Fsp3) is 0. The van der Waals surface area contributed by atoms with E-state index in [0.717, 1.165) is 11.1 Å². The molecule has 6 aromatic carbocycles. The van der Waals surface area contributed by atoms with Crippen molar-refractivity contribution in [1.82, 2.24) is 0 Å². The van der Waals surface area contributed by atoms with E-state index in [4.69, 9.17) is 11.5 Å². The maximum atomic E-state index is 12.0. The molecule has 12 nitrogen and oxygen atoms in total. The van der Waals surface area contributed by atoms with Gasteiger partial charge in [-0.05, 0) is 47.5 Å². The van der Waals surface area contributed by atoms with Gasteiger partial charge >= 0.3 is 29.6 Å². The summed E-state index contributed by atoms with van der Waals surface area (Å²) in [6.07, 6.45) is 0. The van der Waals surface area contributed by atoms with E-state index >= 15 is 0 Å². The standard InChI is InChI=1S/C32H24N6O6S2.Na.H/c33-31-25-7-3-1-5-23(25)29(45(39,40)41)17-27(31)37-35-21-13-9-19(10-14-21)20-11-15-22(16-12-20)36-38-28-18-30(46(42,43)44)24-6-2-4-8-26(24)32(28)34;;/h1-18H,33-34H2,(H,39,40,41)(H,42,43,44);;/q;+1;-1. The second kappa shape index (κ2) is 13.3. The molecule has 6 rings (SSSR count). The van der Waals surface area contributed by atoms with Crippen LogP contribution in [0.4, 0.5) is 34.1 Å². The fourth-order valence-electron chi connectivity index (χ4n) is 4.96. The molecule has 0 radical (unpaired) electrons.